The fraction of sp³-hybridized carbons (Fsp3) is 0.978. The lowest BCUT2D eigenvalue weighted by molar-refractivity contribution is -0.363. The minimum atomic E-state index is -2.15. The molecule has 7 heterocycles. The second-order valence-corrected chi connectivity index (χ2v) is 20.7. The van der Waals surface area contributed by atoms with Crippen molar-refractivity contribution in [3.05, 3.63) is 0 Å². The van der Waals surface area contributed by atoms with Crippen molar-refractivity contribution < 1.29 is 77.7 Å². The van der Waals surface area contributed by atoms with E-state index in [0.29, 0.717) is 38.5 Å². The Morgan fingerprint density at radius 1 is 0.820 bits per heavy atom. The van der Waals surface area contributed by atoms with Gasteiger partial charge in [0.25, 0.3) is 0 Å². The number of carboxylic acids is 1. The fourth-order valence-electron chi connectivity index (χ4n) is 12.0. The average Bonchev–Trinajstić information content (AvgIpc) is 3.89. The second kappa shape index (κ2) is 17.6. The van der Waals surface area contributed by atoms with E-state index >= 15 is 0 Å². The molecule has 16 heteroatoms. The second-order valence-electron chi connectivity index (χ2n) is 20.7. The van der Waals surface area contributed by atoms with Gasteiger partial charge in [0.2, 0.25) is 0 Å². The Morgan fingerprint density at radius 3 is 2.20 bits per heavy atom. The number of hydrogen-bond acceptors (Lipinski definition) is 15. The summed E-state index contributed by atoms with van der Waals surface area (Å²) in [6.07, 6.45) is -2.26. The summed E-state index contributed by atoms with van der Waals surface area (Å²) in [7, 11) is 3.14. The molecule has 7 aliphatic rings. The lowest BCUT2D eigenvalue weighted by Gasteiger charge is -2.53. The first-order chi connectivity index (χ1) is 28.5. The van der Waals surface area contributed by atoms with Gasteiger partial charge in [-0.3, -0.25) is 4.79 Å². The van der Waals surface area contributed by atoms with Crippen LogP contribution in [0.4, 0.5) is 0 Å². The number of aliphatic hydroxyl groups excluding tert-OH is 2. The fourth-order valence-corrected chi connectivity index (χ4v) is 12.0. The minimum Gasteiger partial charge on any atom is -0.481 e. The van der Waals surface area contributed by atoms with Crippen molar-refractivity contribution >= 4 is 5.97 Å². The molecule has 1 spiro atoms. The van der Waals surface area contributed by atoms with Crippen molar-refractivity contribution in [2.45, 2.75) is 235 Å². The van der Waals surface area contributed by atoms with Crippen LogP contribution in [-0.2, 0) is 52.2 Å². The monoisotopic (exact) mass is 873 g/mol. The number of ether oxygens (including phenoxy) is 10. The summed E-state index contributed by atoms with van der Waals surface area (Å²) < 4.78 is 65.1. The highest BCUT2D eigenvalue weighted by molar-refractivity contribution is 5.68. The lowest BCUT2D eigenvalue weighted by atomic mass is 9.75. The molecule has 0 aromatic carbocycles. The van der Waals surface area contributed by atoms with E-state index in [0.717, 1.165) is 12.8 Å². The smallest absolute Gasteiger partial charge is 0.308 e. The van der Waals surface area contributed by atoms with Crippen molar-refractivity contribution in [1.29, 1.82) is 0 Å². The van der Waals surface area contributed by atoms with Crippen molar-refractivity contribution in [3.8, 4) is 0 Å². The van der Waals surface area contributed by atoms with Gasteiger partial charge in [0, 0.05) is 63.6 Å². The van der Waals surface area contributed by atoms with Gasteiger partial charge >= 0.3 is 5.97 Å². The largest absolute Gasteiger partial charge is 0.481 e. The Labute approximate surface area is 361 Å². The molecule has 0 aromatic heterocycles. The Balaban J connectivity index is 1.08. The molecule has 0 aromatic rings. The van der Waals surface area contributed by atoms with E-state index in [1.54, 1.807) is 14.0 Å². The highest BCUT2D eigenvalue weighted by Crippen LogP contribution is 2.54. The topological polar surface area (TPSA) is 211 Å². The molecule has 7 fully saturated rings. The van der Waals surface area contributed by atoms with Gasteiger partial charge in [0.15, 0.2) is 23.7 Å². The third kappa shape index (κ3) is 9.09. The maximum absolute atomic E-state index is 11.8. The number of carbonyl (C=O) groups is 1. The van der Waals surface area contributed by atoms with E-state index in [1.165, 1.54) is 14.0 Å². The molecule has 0 saturated carbocycles. The third-order valence-electron chi connectivity index (χ3n) is 16.2. The van der Waals surface area contributed by atoms with Crippen molar-refractivity contribution in [1.82, 2.24) is 0 Å². The predicted molar refractivity (Wildman–Crippen MR) is 217 cm³/mol. The molecular formula is C45H76O16. The third-order valence-corrected chi connectivity index (χ3v) is 16.2. The summed E-state index contributed by atoms with van der Waals surface area (Å²) in [6, 6.07) is 0. The highest BCUT2D eigenvalue weighted by atomic mass is 16.7. The van der Waals surface area contributed by atoms with Crippen LogP contribution in [0.1, 0.15) is 127 Å². The molecular weight excluding hydrogens is 796 g/mol. The first kappa shape index (κ1) is 47.9. The van der Waals surface area contributed by atoms with Gasteiger partial charge in [-0.25, -0.2) is 0 Å². The molecule has 2 unspecified atom stereocenters. The maximum Gasteiger partial charge on any atom is 0.308 e. The molecule has 0 aliphatic carbocycles. The first-order valence-corrected chi connectivity index (χ1v) is 22.9. The molecule has 16 nitrogen and oxygen atoms in total. The molecule has 23 atom stereocenters. The zero-order valence-corrected chi connectivity index (χ0v) is 38.2. The summed E-state index contributed by atoms with van der Waals surface area (Å²) in [6.45, 7) is 17.3. The van der Waals surface area contributed by atoms with Crippen LogP contribution in [0, 0.1) is 29.6 Å². The molecule has 5 N–H and O–H groups in total. The minimum absolute atomic E-state index is 0.00446. The van der Waals surface area contributed by atoms with Crippen LogP contribution in [0.2, 0.25) is 0 Å². The van der Waals surface area contributed by atoms with Gasteiger partial charge in [-0.05, 0) is 65.7 Å². The van der Waals surface area contributed by atoms with E-state index in [2.05, 4.69) is 13.8 Å². The van der Waals surface area contributed by atoms with E-state index in [9.17, 15) is 30.3 Å². The molecule has 0 amide bonds. The first-order valence-electron chi connectivity index (χ1n) is 22.9. The van der Waals surface area contributed by atoms with Gasteiger partial charge < -0.3 is 72.9 Å². The Morgan fingerprint density at radius 2 is 1.54 bits per heavy atom. The van der Waals surface area contributed by atoms with Crippen LogP contribution in [0.15, 0.2) is 0 Å². The summed E-state index contributed by atoms with van der Waals surface area (Å²) in [5.41, 5.74) is -1.57. The number of rotatable bonds is 11. The summed E-state index contributed by atoms with van der Waals surface area (Å²) in [4.78, 5) is 11.8. The number of carboxylic acid groups (broad SMARTS) is 1. The molecule has 0 radical (unpaired) electrons. The summed E-state index contributed by atoms with van der Waals surface area (Å²) in [5, 5.41) is 55.1. The quantitative estimate of drug-likeness (QED) is 0.198. The Bertz CT molecular complexity index is 1530. The number of methoxy groups -OCH3 is 2. The van der Waals surface area contributed by atoms with E-state index < -0.39 is 102 Å². The lowest BCUT2D eigenvalue weighted by Crippen LogP contribution is -2.65. The number of aliphatic carboxylic acids is 1. The van der Waals surface area contributed by atoms with Gasteiger partial charge in [-0.15, -0.1) is 0 Å². The van der Waals surface area contributed by atoms with Crippen LogP contribution in [0.5, 0.6) is 0 Å². The molecule has 7 rings (SSSR count). The van der Waals surface area contributed by atoms with E-state index in [-0.39, 0.29) is 54.9 Å². The van der Waals surface area contributed by atoms with Crippen molar-refractivity contribution in [2.75, 3.05) is 14.2 Å². The van der Waals surface area contributed by atoms with Crippen LogP contribution in [0.25, 0.3) is 0 Å². The van der Waals surface area contributed by atoms with Crippen LogP contribution < -0.4 is 0 Å². The van der Waals surface area contributed by atoms with E-state index in [4.69, 9.17) is 47.4 Å². The summed E-state index contributed by atoms with van der Waals surface area (Å²) in [5.74, 6) is -7.65. The van der Waals surface area contributed by atoms with Gasteiger partial charge in [0.05, 0.1) is 78.7 Å². The molecule has 0 bridgehead atoms. The predicted octanol–water partition coefficient (Wildman–Crippen LogP) is 4.04. The zero-order valence-electron chi connectivity index (χ0n) is 38.2. The molecule has 352 valence electrons. The molecule has 7 aliphatic heterocycles. The SMILES string of the molecule is CO[C@H]1CC[C@H](O[C@H]2C[C@H]([C@H]3O[C@](C)(O)[C@H](C)C[C@@H]3C)O[C@H]2[C@]2(C)CC[C@H]([C@]3(C)CC[C@]4(C[C@H](O)[C@@H](C)[C@@H]([C@@H](C)C5O[C@](O)(CC(=O)O)C(C)[C@H](O)[C@H]5OC)O4)O3)O2)O[C@@H]1C. The number of hydrogen-bond donors (Lipinski definition) is 5. The summed E-state index contributed by atoms with van der Waals surface area (Å²) >= 11 is 0. The van der Waals surface area contributed by atoms with Gasteiger partial charge in [0.1, 0.15) is 12.2 Å². The van der Waals surface area contributed by atoms with Crippen LogP contribution >= 0.6 is 0 Å². The normalized spacial score (nSPS) is 54.9. The van der Waals surface area contributed by atoms with Crippen molar-refractivity contribution in [2.24, 2.45) is 29.6 Å². The van der Waals surface area contributed by atoms with Crippen LogP contribution in [0.3, 0.4) is 0 Å². The molecule has 61 heavy (non-hydrogen) atoms. The zero-order chi connectivity index (χ0) is 44.6. The Hall–Kier alpha value is -1.09. The molecule has 7 saturated heterocycles. The van der Waals surface area contributed by atoms with Gasteiger partial charge in [-0.1, -0.05) is 34.6 Å². The van der Waals surface area contributed by atoms with Crippen LogP contribution in [-0.4, -0.2) is 154 Å². The van der Waals surface area contributed by atoms with Crippen molar-refractivity contribution in [3.63, 3.8) is 0 Å². The number of aliphatic hydroxyl groups is 4. The Kier molecular flexibility index (Phi) is 13.8. The standard InChI is InChI=1S/C45H76O16/c1-22-18-23(2)43(9,50)58-36(22)30-19-31(55-34-13-12-29(52-10)27(6)54-34)40(56-30)42(8)15-14-32(57-42)41(7)16-17-44(61-41)20-28(46)24(3)37(59-44)25(4)38-39(53-11)35(49)26(5)45(51,60-38)21-33(47)48/h22-32,34-40,46,49-51H,12-21H2,1-11H3,(H,47,48)/t22-,23+,24+,25+,26?,27+,28-,29-,30+,31-,32+,34-,35-,36-,37-,38?,39+,40+,41-,42-,43-,44+,45+/m0/s1. The average molecular weight is 873 g/mol. The van der Waals surface area contributed by atoms with Gasteiger partial charge in [-0.2, -0.15) is 0 Å². The maximum atomic E-state index is 11.8. The highest BCUT2D eigenvalue weighted by Gasteiger charge is 2.63. The van der Waals surface area contributed by atoms with E-state index in [1.807, 2.05) is 34.6 Å².